The zero-order chi connectivity index (χ0) is 28.8. The third-order valence-corrected chi connectivity index (χ3v) is 10.5. The van der Waals surface area contributed by atoms with Crippen LogP contribution in [0, 0.1) is 0 Å². The number of benzene rings is 7. The molecule has 204 valence electrons. The summed E-state index contributed by atoms with van der Waals surface area (Å²) in [6.07, 6.45) is 0. The second-order valence-electron chi connectivity index (χ2n) is 11.6. The third-order valence-electron chi connectivity index (χ3n) is 9.37. The lowest BCUT2D eigenvalue weighted by Gasteiger charge is -2.31. The maximum absolute atomic E-state index is 2.50. The Morgan fingerprint density at radius 2 is 0.864 bits per heavy atom. The molecule has 0 aliphatic heterocycles. The fraction of sp³-hybridized carbons (Fsp3) is 0. The lowest BCUT2D eigenvalue weighted by Crippen LogP contribution is -2.12. The van der Waals surface area contributed by atoms with Crippen molar-refractivity contribution < 1.29 is 0 Å². The van der Waals surface area contributed by atoms with Crippen LogP contribution in [0.4, 0.5) is 17.1 Å². The van der Waals surface area contributed by atoms with Crippen LogP contribution in [0.25, 0.3) is 75.8 Å². The Morgan fingerprint density at radius 3 is 1.66 bits per heavy atom. The predicted molar refractivity (Wildman–Crippen MR) is 188 cm³/mol. The molecule has 0 N–H and O–H groups in total. The summed E-state index contributed by atoms with van der Waals surface area (Å²) in [5.74, 6) is 0. The second-order valence-corrected chi connectivity index (χ2v) is 12.7. The van der Waals surface area contributed by atoms with Crippen molar-refractivity contribution in [2.75, 3.05) is 4.90 Å². The number of hydrogen-bond donors (Lipinski definition) is 0. The van der Waals surface area contributed by atoms with E-state index in [0.717, 1.165) is 5.69 Å². The number of fused-ring (bicyclic) bond motifs is 7. The summed E-state index contributed by atoms with van der Waals surface area (Å²) in [4.78, 5) is 2.50. The van der Waals surface area contributed by atoms with Crippen LogP contribution in [0.15, 0.2) is 152 Å². The second kappa shape index (κ2) is 9.03. The Bertz CT molecular complexity index is 2430. The van der Waals surface area contributed by atoms with Gasteiger partial charge in [-0.25, -0.2) is 0 Å². The Balaban J connectivity index is 1.37. The minimum absolute atomic E-state index is 1.15. The molecule has 44 heavy (non-hydrogen) atoms. The topological polar surface area (TPSA) is 3.24 Å². The molecule has 0 fully saturated rings. The summed E-state index contributed by atoms with van der Waals surface area (Å²) < 4.78 is 2.62. The van der Waals surface area contributed by atoms with Gasteiger partial charge < -0.3 is 4.90 Å². The van der Waals surface area contributed by atoms with Crippen LogP contribution in [0.3, 0.4) is 0 Å². The van der Waals surface area contributed by atoms with E-state index in [-0.39, 0.29) is 0 Å². The Kier molecular flexibility index (Phi) is 4.94. The average molecular weight is 576 g/mol. The molecule has 1 nitrogen and oxygen atoms in total. The Labute approximate surface area is 259 Å². The first-order valence-electron chi connectivity index (χ1n) is 15.1. The van der Waals surface area contributed by atoms with Gasteiger partial charge in [-0.1, -0.05) is 115 Å². The van der Waals surface area contributed by atoms with E-state index < -0.39 is 0 Å². The minimum atomic E-state index is 1.15. The molecule has 7 aromatic carbocycles. The fourth-order valence-corrected chi connectivity index (χ4v) is 8.77. The van der Waals surface area contributed by atoms with Gasteiger partial charge in [0.25, 0.3) is 0 Å². The molecule has 1 heterocycles. The lowest BCUT2D eigenvalue weighted by molar-refractivity contribution is 1.30. The first kappa shape index (κ1) is 24.0. The summed E-state index contributed by atoms with van der Waals surface area (Å²) in [6, 6.07) is 56.0. The third kappa shape index (κ3) is 3.18. The van der Waals surface area contributed by atoms with Crippen LogP contribution < -0.4 is 4.90 Å². The average Bonchev–Trinajstić information content (AvgIpc) is 3.42. The van der Waals surface area contributed by atoms with E-state index in [1.54, 1.807) is 0 Å². The Morgan fingerprint density at radius 1 is 0.341 bits per heavy atom. The molecule has 6 bridgehead atoms. The SMILES string of the molecule is c1ccc(N(c2cccc3c2-c2c4cccc2-c2cccc-3c2-c2ccccc2-4)c2cccc3sc4ccccc4c23)cc1. The fourth-order valence-electron chi connectivity index (χ4n) is 7.64. The highest BCUT2D eigenvalue weighted by molar-refractivity contribution is 7.26. The maximum atomic E-state index is 2.50. The van der Waals surface area contributed by atoms with Crippen LogP contribution in [0.1, 0.15) is 0 Å². The van der Waals surface area contributed by atoms with Crippen molar-refractivity contribution in [1.82, 2.24) is 0 Å². The molecule has 2 aliphatic carbocycles. The van der Waals surface area contributed by atoms with Gasteiger partial charge in [-0.05, 0) is 80.9 Å². The molecule has 0 unspecified atom stereocenters. The van der Waals surface area contributed by atoms with Crippen molar-refractivity contribution in [3.8, 4) is 55.6 Å². The van der Waals surface area contributed by atoms with Crippen molar-refractivity contribution in [2.24, 2.45) is 0 Å². The number of para-hydroxylation sites is 1. The summed E-state index contributed by atoms with van der Waals surface area (Å²) in [5, 5.41) is 2.60. The summed E-state index contributed by atoms with van der Waals surface area (Å²) in [6.45, 7) is 0. The van der Waals surface area contributed by atoms with Crippen molar-refractivity contribution in [3.63, 3.8) is 0 Å². The van der Waals surface area contributed by atoms with Gasteiger partial charge in [0, 0.05) is 37.0 Å². The Hall–Kier alpha value is -5.44. The van der Waals surface area contributed by atoms with Gasteiger partial charge in [0.15, 0.2) is 0 Å². The van der Waals surface area contributed by atoms with E-state index in [1.165, 1.54) is 87.2 Å². The van der Waals surface area contributed by atoms with Crippen LogP contribution in [-0.2, 0) is 0 Å². The number of rotatable bonds is 3. The first-order chi connectivity index (χ1) is 21.9. The van der Waals surface area contributed by atoms with Gasteiger partial charge in [-0.3, -0.25) is 0 Å². The van der Waals surface area contributed by atoms with E-state index >= 15 is 0 Å². The lowest BCUT2D eigenvalue weighted by atomic mass is 9.82. The zero-order valence-electron chi connectivity index (χ0n) is 23.8. The van der Waals surface area contributed by atoms with Crippen molar-refractivity contribution in [2.45, 2.75) is 0 Å². The van der Waals surface area contributed by atoms with Crippen molar-refractivity contribution >= 4 is 48.6 Å². The van der Waals surface area contributed by atoms with E-state index in [9.17, 15) is 0 Å². The monoisotopic (exact) mass is 575 g/mol. The van der Waals surface area contributed by atoms with Crippen LogP contribution in [0.5, 0.6) is 0 Å². The summed E-state index contributed by atoms with van der Waals surface area (Å²) >= 11 is 1.87. The van der Waals surface area contributed by atoms with E-state index in [4.69, 9.17) is 0 Å². The molecule has 0 radical (unpaired) electrons. The predicted octanol–water partition coefficient (Wildman–Crippen LogP) is 12.5. The molecular formula is C42H25NS. The van der Waals surface area contributed by atoms with Crippen molar-refractivity contribution in [3.05, 3.63) is 152 Å². The largest absolute Gasteiger partial charge is 0.309 e. The van der Waals surface area contributed by atoms with E-state index in [2.05, 4.69) is 157 Å². The van der Waals surface area contributed by atoms with Gasteiger partial charge in [0.1, 0.15) is 0 Å². The van der Waals surface area contributed by atoms with E-state index in [0.29, 0.717) is 0 Å². The molecule has 0 saturated heterocycles. The first-order valence-corrected chi connectivity index (χ1v) is 15.9. The van der Waals surface area contributed by atoms with Crippen LogP contribution >= 0.6 is 11.3 Å². The normalized spacial score (nSPS) is 12.1. The minimum Gasteiger partial charge on any atom is -0.309 e. The van der Waals surface area contributed by atoms with Gasteiger partial charge in [-0.2, -0.15) is 0 Å². The highest BCUT2D eigenvalue weighted by Crippen LogP contribution is 2.60. The number of thiophene rings is 1. The highest BCUT2D eigenvalue weighted by Gasteiger charge is 2.33. The van der Waals surface area contributed by atoms with Crippen LogP contribution in [0.2, 0.25) is 0 Å². The molecule has 10 rings (SSSR count). The quantitative estimate of drug-likeness (QED) is 0.202. The van der Waals surface area contributed by atoms with Gasteiger partial charge >= 0.3 is 0 Å². The molecule has 8 aromatic rings. The highest BCUT2D eigenvalue weighted by atomic mass is 32.1. The maximum Gasteiger partial charge on any atom is 0.0555 e. The van der Waals surface area contributed by atoms with Crippen molar-refractivity contribution in [1.29, 1.82) is 0 Å². The van der Waals surface area contributed by atoms with Gasteiger partial charge in [-0.15, -0.1) is 11.3 Å². The van der Waals surface area contributed by atoms with Gasteiger partial charge in [0.2, 0.25) is 0 Å². The molecule has 2 heteroatoms. The summed E-state index contributed by atoms with van der Waals surface area (Å²) in [5.41, 5.74) is 16.6. The number of hydrogen-bond acceptors (Lipinski definition) is 2. The standard InChI is InChI=1S/C42H25NS/c1-2-12-26(13-3-1)43(35-23-11-25-38-41(35)34-16-6-7-24-37(34)44-38)36-22-10-21-33-31-19-9-18-30-32-20-8-17-29(40(32)42(33)36)27-14-4-5-15-28(27)39(30)31/h1-25H. The molecule has 0 spiro atoms. The summed E-state index contributed by atoms with van der Waals surface area (Å²) in [7, 11) is 0. The van der Waals surface area contributed by atoms with Gasteiger partial charge in [0.05, 0.1) is 11.4 Å². The molecule has 1 aromatic heterocycles. The smallest absolute Gasteiger partial charge is 0.0555 e. The molecule has 0 amide bonds. The number of anilines is 3. The molecule has 0 saturated carbocycles. The molecule has 0 atom stereocenters. The van der Waals surface area contributed by atoms with E-state index in [1.807, 2.05) is 11.3 Å². The number of nitrogens with zero attached hydrogens (tertiary/aromatic N) is 1. The zero-order valence-corrected chi connectivity index (χ0v) is 24.6. The molecular weight excluding hydrogens is 551 g/mol. The molecule has 2 aliphatic rings. The van der Waals surface area contributed by atoms with Crippen LogP contribution in [-0.4, -0.2) is 0 Å².